The smallest absolute Gasteiger partial charge is 0.433 e. The van der Waals surface area contributed by atoms with Crippen LogP contribution in [0.4, 0.5) is 19.0 Å². The van der Waals surface area contributed by atoms with Gasteiger partial charge < -0.3 is 10.5 Å². The fraction of sp³-hybridized carbons (Fsp3) is 0.250. The van der Waals surface area contributed by atoms with E-state index in [9.17, 15) is 18.0 Å². The van der Waals surface area contributed by atoms with Gasteiger partial charge in [-0.25, -0.2) is 9.78 Å². The molecule has 0 amide bonds. The van der Waals surface area contributed by atoms with Gasteiger partial charge in [-0.05, 0) is 30.5 Å². The highest BCUT2D eigenvalue weighted by Crippen LogP contribution is 2.33. The molecular formula is C16H15F3N2O2. The summed E-state index contributed by atoms with van der Waals surface area (Å²) < 4.78 is 44.3. The lowest BCUT2D eigenvalue weighted by atomic mass is 10.0. The molecule has 23 heavy (non-hydrogen) atoms. The summed E-state index contributed by atoms with van der Waals surface area (Å²) in [6.45, 7) is 1.68. The summed E-state index contributed by atoms with van der Waals surface area (Å²) in [6.07, 6.45) is -4.68. The molecule has 2 rings (SSSR count). The predicted molar refractivity (Wildman–Crippen MR) is 78.9 cm³/mol. The second-order valence-corrected chi connectivity index (χ2v) is 4.81. The maximum Gasteiger partial charge on any atom is 0.433 e. The van der Waals surface area contributed by atoms with E-state index in [0.717, 1.165) is 6.07 Å². The minimum Gasteiger partial charge on any atom is -0.462 e. The molecule has 0 aliphatic rings. The maximum absolute atomic E-state index is 13.2. The molecule has 0 aliphatic carbocycles. The van der Waals surface area contributed by atoms with Crippen molar-refractivity contribution in [3.8, 4) is 0 Å². The first-order valence-electron chi connectivity index (χ1n) is 6.90. The largest absolute Gasteiger partial charge is 0.462 e. The highest BCUT2D eigenvalue weighted by Gasteiger charge is 2.36. The van der Waals surface area contributed by atoms with Gasteiger partial charge in [0.05, 0.1) is 6.61 Å². The number of alkyl halides is 3. The van der Waals surface area contributed by atoms with Crippen LogP contribution < -0.4 is 5.73 Å². The molecule has 0 aliphatic heterocycles. The number of esters is 1. The molecule has 0 saturated heterocycles. The molecule has 1 heterocycles. The molecule has 0 atom stereocenters. The predicted octanol–water partition coefficient (Wildman–Crippen LogP) is 3.45. The van der Waals surface area contributed by atoms with Gasteiger partial charge in [0.1, 0.15) is 17.1 Å². The number of benzene rings is 1. The first-order valence-corrected chi connectivity index (χ1v) is 6.90. The fourth-order valence-corrected chi connectivity index (χ4v) is 2.14. The minimum absolute atomic E-state index is 0.0185. The number of ether oxygens (including phenoxy) is 1. The van der Waals surface area contributed by atoms with Gasteiger partial charge in [0, 0.05) is 0 Å². The SMILES string of the molecule is CCOC(=O)c1cc(Cc2ccccc2)c(C(F)(F)F)nc1N. The Hall–Kier alpha value is -2.57. The van der Waals surface area contributed by atoms with Crippen LogP contribution in [0.2, 0.25) is 0 Å². The van der Waals surface area contributed by atoms with Gasteiger partial charge in [0.25, 0.3) is 0 Å². The number of nitrogens with zero attached hydrogens (tertiary/aromatic N) is 1. The van der Waals surface area contributed by atoms with Crippen LogP contribution >= 0.6 is 0 Å². The van der Waals surface area contributed by atoms with Gasteiger partial charge in [-0.15, -0.1) is 0 Å². The zero-order valence-corrected chi connectivity index (χ0v) is 12.4. The molecule has 0 unspecified atom stereocenters. The highest BCUT2D eigenvalue weighted by molar-refractivity contribution is 5.94. The van der Waals surface area contributed by atoms with Crippen molar-refractivity contribution >= 4 is 11.8 Å². The first-order chi connectivity index (χ1) is 10.8. The molecule has 7 heteroatoms. The van der Waals surface area contributed by atoms with E-state index in [1.54, 1.807) is 37.3 Å². The molecule has 0 fully saturated rings. The molecule has 0 bridgehead atoms. The Bertz CT molecular complexity index is 700. The number of carbonyl (C=O) groups excluding carboxylic acids is 1. The van der Waals surface area contributed by atoms with Crippen molar-refractivity contribution < 1.29 is 22.7 Å². The summed E-state index contributed by atoms with van der Waals surface area (Å²) in [4.78, 5) is 15.2. The Balaban J connectivity index is 2.51. The second-order valence-electron chi connectivity index (χ2n) is 4.81. The molecule has 2 N–H and O–H groups in total. The molecule has 1 aromatic heterocycles. The van der Waals surface area contributed by atoms with Gasteiger partial charge in [-0.2, -0.15) is 13.2 Å². The summed E-state index contributed by atoms with van der Waals surface area (Å²) in [5, 5.41) is 0. The Morgan fingerprint density at radius 2 is 1.91 bits per heavy atom. The molecule has 122 valence electrons. The lowest BCUT2D eigenvalue weighted by molar-refractivity contribution is -0.141. The van der Waals surface area contributed by atoms with Gasteiger partial charge in [-0.1, -0.05) is 30.3 Å². The Kier molecular flexibility index (Phi) is 4.88. The number of rotatable bonds is 4. The van der Waals surface area contributed by atoms with Crippen molar-refractivity contribution in [2.24, 2.45) is 0 Å². The number of nitrogen functional groups attached to an aromatic ring is 1. The van der Waals surface area contributed by atoms with Crippen LogP contribution in [0.3, 0.4) is 0 Å². The molecule has 0 radical (unpaired) electrons. The average Bonchev–Trinajstić information content (AvgIpc) is 2.49. The maximum atomic E-state index is 13.2. The summed E-state index contributed by atoms with van der Waals surface area (Å²) >= 11 is 0. The lowest BCUT2D eigenvalue weighted by Crippen LogP contribution is -2.18. The topological polar surface area (TPSA) is 65.2 Å². The minimum atomic E-state index is -4.66. The highest BCUT2D eigenvalue weighted by atomic mass is 19.4. The van der Waals surface area contributed by atoms with Crippen molar-refractivity contribution in [2.45, 2.75) is 19.5 Å². The zero-order valence-electron chi connectivity index (χ0n) is 12.4. The second kappa shape index (κ2) is 6.68. The van der Waals surface area contributed by atoms with Crippen LogP contribution in [0.25, 0.3) is 0 Å². The van der Waals surface area contributed by atoms with E-state index in [0.29, 0.717) is 5.56 Å². The monoisotopic (exact) mass is 324 g/mol. The van der Waals surface area contributed by atoms with E-state index >= 15 is 0 Å². The van der Waals surface area contributed by atoms with E-state index < -0.39 is 23.7 Å². The number of anilines is 1. The number of nitrogens with two attached hydrogens (primary N) is 1. The van der Waals surface area contributed by atoms with Crippen molar-refractivity contribution in [1.29, 1.82) is 0 Å². The van der Waals surface area contributed by atoms with Crippen LogP contribution in [-0.4, -0.2) is 17.6 Å². The van der Waals surface area contributed by atoms with E-state index in [1.807, 2.05) is 0 Å². The Morgan fingerprint density at radius 1 is 1.26 bits per heavy atom. The van der Waals surface area contributed by atoms with Gasteiger partial charge >= 0.3 is 12.1 Å². The number of pyridine rings is 1. The van der Waals surface area contributed by atoms with Gasteiger partial charge in [0.15, 0.2) is 0 Å². The summed E-state index contributed by atoms with van der Waals surface area (Å²) in [7, 11) is 0. The third kappa shape index (κ3) is 4.00. The van der Waals surface area contributed by atoms with E-state index in [1.165, 1.54) is 0 Å². The van der Waals surface area contributed by atoms with Crippen molar-refractivity contribution in [3.05, 3.63) is 58.8 Å². The lowest BCUT2D eigenvalue weighted by Gasteiger charge is -2.15. The van der Waals surface area contributed by atoms with Crippen molar-refractivity contribution in [3.63, 3.8) is 0 Å². The Labute approximate surface area is 131 Å². The number of hydrogen-bond donors (Lipinski definition) is 1. The summed E-state index contributed by atoms with van der Waals surface area (Å²) in [5.74, 6) is -1.28. The third-order valence-corrected chi connectivity index (χ3v) is 3.13. The number of aromatic nitrogens is 1. The number of halogens is 3. The molecule has 4 nitrogen and oxygen atoms in total. The van der Waals surface area contributed by atoms with Crippen LogP contribution in [0.15, 0.2) is 36.4 Å². The van der Waals surface area contributed by atoms with Crippen LogP contribution in [0.1, 0.15) is 34.1 Å². The van der Waals surface area contributed by atoms with Crippen LogP contribution in [0, 0.1) is 0 Å². The van der Waals surface area contributed by atoms with Gasteiger partial charge in [0.2, 0.25) is 0 Å². The summed E-state index contributed by atoms with van der Waals surface area (Å²) in [6, 6.07) is 9.70. The first kappa shape index (κ1) is 16.8. The molecule has 2 aromatic rings. The normalized spacial score (nSPS) is 11.3. The standard InChI is InChI=1S/C16H15F3N2O2/c1-2-23-15(22)12-9-11(8-10-6-4-3-5-7-10)13(16(17,18)19)21-14(12)20/h3-7,9H,2,8H2,1H3,(H2,20,21). The van der Waals surface area contributed by atoms with Crippen molar-refractivity contribution in [2.75, 3.05) is 12.3 Å². The van der Waals surface area contributed by atoms with E-state index in [-0.39, 0.29) is 24.2 Å². The number of carbonyl (C=O) groups is 1. The fourth-order valence-electron chi connectivity index (χ4n) is 2.14. The van der Waals surface area contributed by atoms with E-state index in [4.69, 9.17) is 10.5 Å². The quantitative estimate of drug-likeness (QED) is 0.875. The summed E-state index contributed by atoms with van der Waals surface area (Å²) in [5.41, 5.74) is 4.79. The zero-order chi connectivity index (χ0) is 17.0. The third-order valence-electron chi connectivity index (χ3n) is 3.13. The van der Waals surface area contributed by atoms with Crippen LogP contribution in [-0.2, 0) is 17.3 Å². The molecule has 0 spiro atoms. The van der Waals surface area contributed by atoms with E-state index in [2.05, 4.69) is 4.98 Å². The number of hydrogen-bond acceptors (Lipinski definition) is 4. The molecular weight excluding hydrogens is 309 g/mol. The van der Waals surface area contributed by atoms with Crippen LogP contribution in [0.5, 0.6) is 0 Å². The average molecular weight is 324 g/mol. The Morgan fingerprint density at radius 3 is 2.48 bits per heavy atom. The van der Waals surface area contributed by atoms with Gasteiger partial charge in [-0.3, -0.25) is 0 Å². The molecule has 0 saturated carbocycles. The molecule has 1 aromatic carbocycles. The van der Waals surface area contributed by atoms with Crippen molar-refractivity contribution in [1.82, 2.24) is 4.98 Å².